The zero-order chi connectivity index (χ0) is 18.4. The second-order valence-electron chi connectivity index (χ2n) is 5.67. The normalized spacial score (nSPS) is 15.3. The van der Waals surface area contributed by atoms with Crippen LogP contribution < -0.4 is 0 Å². The van der Waals surface area contributed by atoms with Crippen LogP contribution >= 0.6 is 0 Å². The molecule has 0 unspecified atom stereocenters. The van der Waals surface area contributed by atoms with E-state index in [4.69, 9.17) is 10.1 Å². The van der Waals surface area contributed by atoms with E-state index in [-0.39, 0.29) is 11.5 Å². The molecule has 1 aliphatic rings. The van der Waals surface area contributed by atoms with Crippen molar-refractivity contribution in [1.29, 1.82) is 5.26 Å². The lowest BCUT2D eigenvalue weighted by molar-refractivity contribution is 0.125. The van der Waals surface area contributed by atoms with Gasteiger partial charge in [-0.2, -0.15) is 9.57 Å². The summed E-state index contributed by atoms with van der Waals surface area (Å²) in [4.78, 5) is 13.5. The molecule has 2 aromatic heterocycles. The van der Waals surface area contributed by atoms with Gasteiger partial charge in [0.15, 0.2) is 6.61 Å². The van der Waals surface area contributed by atoms with E-state index in [1.807, 2.05) is 6.07 Å². The number of hydrogen-bond donors (Lipinski definition) is 0. The van der Waals surface area contributed by atoms with Gasteiger partial charge in [0.25, 0.3) is 0 Å². The highest BCUT2D eigenvalue weighted by Crippen LogP contribution is 2.19. The van der Waals surface area contributed by atoms with Gasteiger partial charge >= 0.3 is 0 Å². The second kappa shape index (κ2) is 8.03. The quantitative estimate of drug-likeness (QED) is 0.740. The Hall–Kier alpha value is -2.83. The third kappa shape index (κ3) is 4.22. The molecule has 0 atom stereocenters. The van der Waals surface area contributed by atoms with Crippen molar-refractivity contribution in [1.82, 2.24) is 14.3 Å². The van der Waals surface area contributed by atoms with Gasteiger partial charge in [-0.1, -0.05) is 5.16 Å². The molecule has 1 aliphatic heterocycles. The van der Waals surface area contributed by atoms with Gasteiger partial charge in [-0.25, -0.2) is 8.42 Å². The standard InChI is InChI=1S/C17H17N5O3S/c18-11-14-3-7-20-16(10-14)13-25-21-15-4-8-22(9-5-15)26(23,24)17-2-1-6-19-12-17/h1-3,6-7,10,12H,4-5,8-9,13H2. The SMILES string of the molecule is N#Cc1ccnc(CON=C2CCN(S(=O)(=O)c3cccnc3)CC2)c1. The molecule has 0 bridgehead atoms. The van der Waals surface area contributed by atoms with Gasteiger partial charge in [0.05, 0.1) is 23.0 Å². The van der Waals surface area contributed by atoms with Gasteiger partial charge < -0.3 is 4.84 Å². The van der Waals surface area contributed by atoms with Crippen molar-refractivity contribution in [3.05, 3.63) is 54.1 Å². The van der Waals surface area contributed by atoms with E-state index in [2.05, 4.69) is 15.1 Å². The van der Waals surface area contributed by atoms with Crippen LogP contribution in [0.5, 0.6) is 0 Å². The average molecular weight is 371 g/mol. The van der Waals surface area contributed by atoms with Crippen molar-refractivity contribution in [2.24, 2.45) is 5.16 Å². The molecule has 0 aliphatic carbocycles. The molecule has 2 aromatic rings. The molecular formula is C17H17N5O3S. The maximum atomic E-state index is 12.5. The summed E-state index contributed by atoms with van der Waals surface area (Å²) in [5.41, 5.74) is 1.93. The third-order valence-electron chi connectivity index (χ3n) is 3.92. The zero-order valence-corrected chi connectivity index (χ0v) is 14.8. The first-order valence-electron chi connectivity index (χ1n) is 8.02. The molecule has 26 heavy (non-hydrogen) atoms. The van der Waals surface area contributed by atoms with Gasteiger partial charge in [-0.3, -0.25) is 9.97 Å². The monoisotopic (exact) mass is 371 g/mol. The fourth-order valence-electron chi connectivity index (χ4n) is 2.54. The Bertz CT molecular complexity index is 928. The highest BCUT2D eigenvalue weighted by atomic mass is 32.2. The highest BCUT2D eigenvalue weighted by molar-refractivity contribution is 7.89. The van der Waals surface area contributed by atoms with Crippen molar-refractivity contribution >= 4 is 15.7 Å². The molecule has 0 saturated carbocycles. The first kappa shape index (κ1) is 18.0. The van der Waals surface area contributed by atoms with Gasteiger partial charge in [0.1, 0.15) is 4.90 Å². The molecule has 0 N–H and O–H groups in total. The van der Waals surface area contributed by atoms with E-state index < -0.39 is 10.0 Å². The van der Waals surface area contributed by atoms with E-state index in [0.29, 0.717) is 37.2 Å². The molecule has 3 heterocycles. The van der Waals surface area contributed by atoms with Crippen LogP contribution in [0, 0.1) is 11.3 Å². The number of nitriles is 1. The summed E-state index contributed by atoms with van der Waals surface area (Å²) in [6.45, 7) is 0.861. The summed E-state index contributed by atoms with van der Waals surface area (Å²) < 4.78 is 26.5. The first-order chi connectivity index (χ1) is 12.6. The molecule has 1 fully saturated rings. The molecule has 8 nitrogen and oxygen atoms in total. The smallest absolute Gasteiger partial charge is 0.244 e. The van der Waals surface area contributed by atoms with E-state index in [0.717, 1.165) is 5.71 Å². The Morgan fingerprint density at radius 3 is 2.77 bits per heavy atom. The van der Waals surface area contributed by atoms with Crippen LogP contribution in [0.1, 0.15) is 24.1 Å². The van der Waals surface area contributed by atoms with E-state index in [1.165, 1.54) is 16.6 Å². The van der Waals surface area contributed by atoms with Crippen molar-refractivity contribution in [2.75, 3.05) is 13.1 Å². The lowest BCUT2D eigenvalue weighted by Gasteiger charge is -2.26. The van der Waals surface area contributed by atoms with Crippen LogP contribution in [0.15, 0.2) is 52.9 Å². The van der Waals surface area contributed by atoms with Crippen LogP contribution in [-0.4, -0.2) is 41.5 Å². The number of pyridine rings is 2. The molecule has 1 saturated heterocycles. The topological polar surface area (TPSA) is 109 Å². The molecular weight excluding hydrogens is 354 g/mol. The predicted molar refractivity (Wildman–Crippen MR) is 93.4 cm³/mol. The van der Waals surface area contributed by atoms with Crippen molar-refractivity contribution in [2.45, 2.75) is 24.3 Å². The number of piperidine rings is 1. The number of rotatable bonds is 5. The Kier molecular flexibility index (Phi) is 5.55. The zero-order valence-electron chi connectivity index (χ0n) is 13.9. The lowest BCUT2D eigenvalue weighted by Crippen LogP contribution is -2.38. The largest absolute Gasteiger partial charge is 0.389 e. The van der Waals surface area contributed by atoms with Crippen molar-refractivity contribution in [3.63, 3.8) is 0 Å². The molecule has 0 spiro atoms. The van der Waals surface area contributed by atoms with E-state index in [9.17, 15) is 8.42 Å². The minimum Gasteiger partial charge on any atom is -0.389 e. The van der Waals surface area contributed by atoms with Gasteiger partial charge in [0, 0.05) is 44.5 Å². The van der Waals surface area contributed by atoms with Crippen molar-refractivity contribution < 1.29 is 13.3 Å². The Morgan fingerprint density at radius 1 is 1.27 bits per heavy atom. The van der Waals surface area contributed by atoms with Crippen molar-refractivity contribution in [3.8, 4) is 6.07 Å². The van der Waals surface area contributed by atoms with E-state index >= 15 is 0 Å². The molecule has 134 valence electrons. The minimum absolute atomic E-state index is 0.163. The Labute approximate surface area is 151 Å². The summed E-state index contributed by atoms with van der Waals surface area (Å²) in [5, 5.41) is 12.9. The maximum Gasteiger partial charge on any atom is 0.244 e. The second-order valence-corrected chi connectivity index (χ2v) is 7.61. The minimum atomic E-state index is -3.52. The number of hydrogen-bond acceptors (Lipinski definition) is 7. The van der Waals surface area contributed by atoms with Gasteiger partial charge in [0.2, 0.25) is 10.0 Å². The summed E-state index contributed by atoms with van der Waals surface area (Å²) >= 11 is 0. The number of sulfonamides is 1. The van der Waals surface area contributed by atoms with Gasteiger partial charge in [-0.05, 0) is 24.3 Å². The fraction of sp³-hybridized carbons (Fsp3) is 0.294. The number of nitrogens with zero attached hydrogens (tertiary/aromatic N) is 5. The average Bonchev–Trinajstić information content (AvgIpc) is 2.69. The number of aromatic nitrogens is 2. The third-order valence-corrected chi connectivity index (χ3v) is 5.81. The summed E-state index contributed by atoms with van der Waals surface area (Å²) in [7, 11) is -3.52. The van der Waals surface area contributed by atoms with Crippen LogP contribution in [0.2, 0.25) is 0 Å². The molecule has 3 rings (SSSR count). The number of oxime groups is 1. The van der Waals surface area contributed by atoms with Crippen LogP contribution in [0.25, 0.3) is 0 Å². The Morgan fingerprint density at radius 2 is 2.08 bits per heavy atom. The van der Waals surface area contributed by atoms with Crippen LogP contribution in [0.3, 0.4) is 0 Å². The fourth-order valence-corrected chi connectivity index (χ4v) is 3.95. The lowest BCUT2D eigenvalue weighted by atomic mass is 10.1. The first-order valence-corrected chi connectivity index (χ1v) is 9.46. The molecule has 0 aromatic carbocycles. The molecule has 0 radical (unpaired) electrons. The summed E-state index contributed by atoms with van der Waals surface area (Å²) in [5.74, 6) is 0. The molecule has 0 amide bonds. The predicted octanol–water partition coefficient (Wildman–Crippen LogP) is 1.71. The highest BCUT2D eigenvalue weighted by Gasteiger charge is 2.28. The summed E-state index contributed by atoms with van der Waals surface area (Å²) in [6, 6.07) is 8.45. The van der Waals surface area contributed by atoms with Gasteiger partial charge in [-0.15, -0.1) is 0 Å². The van der Waals surface area contributed by atoms with Crippen LogP contribution in [-0.2, 0) is 21.5 Å². The Balaban J connectivity index is 1.55. The van der Waals surface area contributed by atoms with Crippen LogP contribution in [0.4, 0.5) is 0 Å². The maximum absolute atomic E-state index is 12.5. The summed E-state index contributed by atoms with van der Waals surface area (Å²) in [6.07, 6.45) is 5.45. The van der Waals surface area contributed by atoms with E-state index in [1.54, 1.807) is 30.6 Å². The molecule has 9 heteroatoms.